The van der Waals surface area contributed by atoms with Gasteiger partial charge in [0, 0.05) is 37.7 Å². The van der Waals surface area contributed by atoms with Gasteiger partial charge in [0.05, 0.1) is 32.1 Å². The molecule has 0 N–H and O–H groups in total. The lowest BCUT2D eigenvalue weighted by Gasteiger charge is -2.37. The van der Waals surface area contributed by atoms with Crippen molar-refractivity contribution in [3.05, 3.63) is 71.9 Å². The number of aromatic nitrogens is 1. The molecular weight excluding hydrogens is 428 g/mol. The molecule has 2 aliphatic heterocycles. The van der Waals surface area contributed by atoms with Crippen molar-refractivity contribution in [2.45, 2.75) is 19.3 Å². The van der Waals surface area contributed by atoms with Crippen LogP contribution in [0.3, 0.4) is 0 Å². The second kappa shape index (κ2) is 9.99. The summed E-state index contributed by atoms with van der Waals surface area (Å²) in [4.78, 5) is 9.47. The molecule has 34 heavy (non-hydrogen) atoms. The lowest BCUT2D eigenvalue weighted by atomic mass is 9.80. The first-order chi connectivity index (χ1) is 16.6. The predicted molar refractivity (Wildman–Crippen MR) is 132 cm³/mol. The van der Waals surface area contributed by atoms with E-state index in [2.05, 4.69) is 77.3 Å². The number of ether oxygens (including phenoxy) is 2. The highest BCUT2D eigenvalue weighted by Gasteiger charge is 2.29. The molecule has 3 heterocycles. The Bertz CT molecular complexity index is 1090. The van der Waals surface area contributed by atoms with Crippen LogP contribution < -0.4 is 0 Å². The van der Waals surface area contributed by atoms with Crippen LogP contribution >= 0.6 is 0 Å². The molecule has 0 amide bonds. The first-order valence-corrected chi connectivity index (χ1v) is 12.0. The van der Waals surface area contributed by atoms with Crippen LogP contribution in [0.4, 0.5) is 5.88 Å². The molecule has 5 rings (SSSR count). The predicted octanol–water partition coefficient (Wildman–Crippen LogP) is 4.32. The van der Waals surface area contributed by atoms with Gasteiger partial charge in [-0.1, -0.05) is 73.6 Å². The number of morpholine rings is 2. The molecular formula is C27H32N4O3. The average Bonchev–Trinajstić information content (AvgIpc) is 3.39. The number of hydrogen-bond acceptors (Lipinski definition) is 5. The van der Waals surface area contributed by atoms with Crippen molar-refractivity contribution in [1.82, 2.24) is 15.0 Å². The minimum atomic E-state index is -0.333. The summed E-state index contributed by atoms with van der Waals surface area (Å²) in [6.07, 6.45) is 0. The number of hydrogen-bond donors (Lipinski definition) is 0. The van der Waals surface area contributed by atoms with Crippen LogP contribution in [0.5, 0.6) is 0 Å². The maximum Gasteiger partial charge on any atom is 0.253 e. The maximum absolute atomic E-state index is 5.75. The fourth-order valence-corrected chi connectivity index (χ4v) is 4.45. The third-order valence-corrected chi connectivity index (χ3v) is 6.63. The Morgan fingerprint density at radius 1 is 0.794 bits per heavy atom. The lowest BCUT2D eigenvalue weighted by Crippen LogP contribution is -2.52. The van der Waals surface area contributed by atoms with Crippen LogP contribution in [0.1, 0.15) is 25.1 Å². The monoisotopic (exact) mass is 460 g/mol. The zero-order chi connectivity index (χ0) is 23.4. The summed E-state index contributed by atoms with van der Waals surface area (Å²) in [5, 5.41) is 4.44. The van der Waals surface area contributed by atoms with Crippen molar-refractivity contribution in [2.24, 2.45) is 4.99 Å². The van der Waals surface area contributed by atoms with Crippen LogP contribution in [0.2, 0.25) is 0 Å². The minimum absolute atomic E-state index is 0.333. The van der Waals surface area contributed by atoms with E-state index >= 15 is 0 Å². The molecule has 0 radical (unpaired) electrons. The van der Waals surface area contributed by atoms with E-state index in [0.29, 0.717) is 32.3 Å². The average molecular weight is 461 g/mol. The molecule has 2 saturated heterocycles. The van der Waals surface area contributed by atoms with Gasteiger partial charge in [0.15, 0.2) is 0 Å². The van der Waals surface area contributed by atoms with E-state index in [4.69, 9.17) is 19.0 Å². The van der Waals surface area contributed by atoms with Crippen LogP contribution in [0.15, 0.2) is 70.2 Å². The fraction of sp³-hybridized carbons (Fsp3) is 0.407. The Morgan fingerprint density at radius 2 is 1.41 bits per heavy atom. The molecule has 2 fully saturated rings. The van der Waals surface area contributed by atoms with Crippen molar-refractivity contribution in [3.8, 4) is 11.1 Å². The van der Waals surface area contributed by atoms with Gasteiger partial charge in [-0.05, 0) is 16.7 Å². The molecule has 7 heteroatoms. The van der Waals surface area contributed by atoms with Crippen molar-refractivity contribution in [2.75, 3.05) is 52.6 Å². The van der Waals surface area contributed by atoms with Gasteiger partial charge in [0.1, 0.15) is 0 Å². The van der Waals surface area contributed by atoms with Crippen LogP contribution in [-0.2, 0) is 14.9 Å². The lowest BCUT2D eigenvalue weighted by molar-refractivity contribution is 0.0421. The molecule has 2 aromatic carbocycles. The van der Waals surface area contributed by atoms with Gasteiger partial charge < -0.3 is 23.8 Å². The van der Waals surface area contributed by atoms with Gasteiger partial charge >= 0.3 is 0 Å². The molecule has 178 valence electrons. The Labute approximate surface area is 201 Å². The van der Waals surface area contributed by atoms with Crippen molar-refractivity contribution < 1.29 is 14.0 Å². The Balaban J connectivity index is 1.43. The quantitative estimate of drug-likeness (QED) is 0.427. The topological polar surface area (TPSA) is 63.3 Å². The molecule has 0 saturated carbocycles. The molecule has 1 aromatic heterocycles. The third-order valence-electron chi connectivity index (χ3n) is 6.63. The molecule has 0 bridgehead atoms. The van der Waals surface area contributed by atoms with Gasteiger partial charge in [-0.2, -0.15) is 4.99 Å². The second-order valence-electron chi connectivity index (χ2n) is 9.23. The summed E-state index contributed by atoms with van der Waals surface area (Å²) in [6, 6.07) is 21.0. The van der Waals surface area contributed by atoms with Crippen LogP contribution in [0, 0.1) is 0 Å². The summed E-state index contributed by atoms with van der Waals surface area (Å²) in [7, 11) is 0. The number of aliphatic imine (C=N–C) groups is 1. The van der Waals surface area contributed by atoms with E-state index in [1.807, 2.05) is 12.1 Å². The Morgan fingerprint density at radius 3 is 2.06 bits per heavy atom. The molecule has 7 nitrogen and oxygen atoms in total. The van der Waals surface area contributed by atoms with E-state index in [1.54, 1.807) is 0 Å². The van der Waals surface area contributed by atoms with Gasteiger partial charge in [0.25, 0.3) is 5.88 Å². The van der Waals surface area contributed by atoms with Crippen molar-refractivity contribution in [1.29, 1.82) is 0 Å². The van der Waals surface area contributed by atoms with E-state index in [0.717, 1.165) is 37.8 Å². The number of rotatable bonds is 4. The maximum atomic E-state index is 5.75. The van der Waals surface area contributed by atoms with E-state index < -0.39 is 0 Å². The first kappa shape index (κ1) is 22.6. The summed E-state index contributed by atoms with van der Waals surface area (Å²) in [5.41, 5.74) is 4.10. The highest BCUT2D eigenvalue weighted by Crippen LogP contribution is 2.35. The minimum Gasteiger partial charge on any atom is -0.378 e. The normalized spacial score (nSPS) is 17.0. The van der Waals surface area contributed by atoms with Crippen molar-refractivity contribution in [3.63, 3.8) is 0 Å². The Kier molecular flexibility index (Phi) is 6.65. The largest absolute Gasteiger partial charge is 0.378 e. The zero-order valence-corrected chi connectivity index (χ0v) is 19.9. The highest BCUT2D eigenvalue weighted by molar-refractivity contribution is 5.82. The molecule has 0 spiro atoms. The second-order valence-corrected chi connectivity index (χ2v) is 9.23. The van der Waals surface area contributed by atoms with Crippen LogP contribution in [0.25, 0.3) is 11.1 Å². The smallest absolute Gasteiger partial charge is 0.253 e. The third kappa shape index (κ3) is 4.86. The van der Waals surface area contributed by atoms with Crippen molar-refractivity contribution >= 4 is 11.8 Å². The molecule has 3 aromatic rings. The molecule has 2 aliphatic rings. The summed E-state index contributed by atoms with van der Waals surface area (Å²) in [6.45, 7) is 10.4. The van der Waals surface area contributed by atoms with Gasteiger partial charge in [0.2, 0.25) is 5.96 Å². The van der Waals surface area contributed by atoms with E-state index in [9.17, 15) is 0 Å². The number of benzene rings is 2. The van der Waals surface area contributed by atoms with E-state index in [1.165, 1.54) is 16.7 Å². The summed E-state index contributed by atoms with van der Waals surface area (Å²) < 4.78 is 16.8. The number of nitrogens with zero attached hydrogens (tertiary/aromatic N) is 4. The van der Waals surface area contributed by atoms with Gasteiger partial charge in [-0.3, -0.25) is 0 Å². The standard InChI is InChI=1S/C27H32N4O3/c1-27(2,23-10-6-9-22(19-23)21-7-4-3-5-8-21)24-20-25(34-29-24)28-26(30-11-15-32-16-12-30)31-13-17-33-18-14-31/h3-10,19-20H,11-18H2,1-2H3. The molecule has 0 aliphatic carbocycles. The fourth-order valence-electron chi connectivity index (χ4n) is 4.45. The highest BCUT2D eigenvalue weighted by atomic mass is 16.5. The van der Waals surface area contributed by atoms with Gasteiger partial charge in [-0.25, -0.2) is 0 Å². The molecule has 0 atom stereocenters. The Hall–Kier alpha value is -3.16. The van der Waals surface area contributed by atoms with Gasteiger partial charge in [-0.15, -0.1) is 0 Å². The first-order valence-electron chi connectivity index (χ1n) is 12.0. The molecule has 0 unspecified atom stereocenters. The van der Waals surface area contributed by atoms with E-state index in [-0.39, 0.29) is 5.41 Å². The summed E-state index contributed by atoms with van der Waals surface area (Å²) in [5.74, 6) is 1.44. The SMILES string of the molecule is CC(C)(c1cccc(-c2ccccc2)c1)c1cc(N=C(N2CCOCC2)N2CCOCC2)on1. The number of guanidine groups is 1. The summed E-state index contributed by atoms with van der Waals surface area (Å²) >= 11 is 0. The zero-order valence-electron chi connectivity index (χ0n) is 19.9. The van der Waals surface area contributed by atoms with Crippen LogP contribution in [-0.4, -0.2) is 73.5 Å².